The van der Waals surface area contributed by atoms with Crippen molar-refractivity contribution in [3.8, 4) is 10.8 Å². The molecule has 0 aliphatic carbocycles. The Hall–Kier alpha value is -1.66. The number of aryl methyl sites for hydroxylation is 1. The normalized spacial score (nSPS) is 24.0. The van der Waals surface area contributed by atoms with Crippen molar-refractivity contribution in [3.63, 3.8) is 0 Å². The smallest absolute Gasteiger partial charge is 0.228 e. The molecule has 2 aromatic heterocycles. The van der Waals surface area contributed by atoms with Crippen LogP contribution in [0, 0.1) is 18.8 Å². The molecule has 0 unspecified atom stereocenters. The van der Waals surface area contributed by atoms with E-state index >= 15 is 0 Å². The van der Waals surface area contributed by atoms with Gasteiger partial charge in [-0.2, -0.15) is 0 Å². The highest BCUT2D eigenvalue weighted by atomic mass is 32.1. The number of hydrogen-bond acceptors (Lipinski definition) is 5. The first-order chi connectivity index (χ1) is 10.7. The van der Waals surface area contributed by atoms with Gasteiger partial charge in [-0.25, -0.2) is 4.98 Å². The highest BCUT2D eigenvalue weighted by Crippen LogP contribution is 2.28. The number of fused-ring (bicyclic) bond motifs is 1. The molecule has 116 valence electrons. The largest absolute Gasteiger partial charge is 0.459 e. The minimum absolute atomic E-state index is 0.196. The van der Waals surface area contributed by atoms with Crippen LogP contribution in [0.2, 0.25) is 0 Å². The fourth-order valence-electron chi connectivity index (χ4n) is 3.38. The number of rotatable bonds is 3. The highest BCUT2D eigenvalue weighted by molar-refractivity contribution is 7.13. The Bertz CT molecular complexity index is 681. The standard InChI is InChI=1S/C16H19N3O2S/c1-10-2-3-14(21-10)16-18-13(9-22-16)4-15(20)19-7-11-5-17-6-12(11)8-19/h2-3,9,11-12,17H,4-8H2,1H3/t11-,12+. The van der Waals surface area contributed by atoms with Gasteiger partial charge in [-0.15, -0.1) is 11.3 Å². The number of carbonyl (C=O) groups excluding carboxylic acids is 1. The number of likely N-dealkylation sites (tertiary alicyclic amines) is 1. The summed E-state index contributed by atoms with van der Waals surface area (Å²) in [5.74, 6) is 3.13. The first-order valence-electron chi connectivity index (χ1n) is 7.69. The predicted molar refractivity (Wildman–Crippen MR) is 84.7 cm³/mol. The van der Waals surface area contributed by atoms with Gasteiger partial charge in [-0.3, -0.25) is 4.79 Å². The van der Waals surface area contributed by atoms with Crippen LogP contribution >= 0.6 is 11.3 Å². The van der Waals surface area contributed by atoms with Crippen LogP contribution in [0.5, 0.6) is 0 Å². The average Bonchev–Trinajstić information content (AvgIpc) is 3.19. The molecule has 2 atom stereocenters. The fraction of sp³-hybridized carbons (Fsp3) is 0.500. The number of aromatic nitrogens is 1. The van der Waals surface area contributed by atoms with E-state index in [2.05, 4.69) is 10.3 Å². The first kappa shape index (κ1) is 14.0. The number of carbonyl (C=O) groups is 1. The minimum atomic E-state index is 0.196. The van der Waals surface area contributed by atoms with E-state index in [9.17, 15) is 4.79 Å². The van der Waals surface area contributed by atoms with Crippen LogP contribution in [0.1, 0.15) is 11.5 Å². The summed E-state index contributed by atoms with van der Waals surface area (Å²) < 4.78 is 5.58. The molecule has 0 spiro atoms. The molecule has 2 aliphatic heterocycles. The zero-order valence-corrected chi connectivity index (χ0v) is 13.4. The maximum absolute atomic E-state index is 12.4. The molecule has 0 aromatic carbocycles. The average molecular weight is 317 g/mol. The van der Waals surface area contributed by atoms with E-state index in [-0.39, 0.29) is 5.91 Å². The van der Waals surface area contributed by atoms with E-state index < -0.39 is 0 Å². The van der Waals surface area contributed by atoms with Gasteiger partial charge in [0.05, 0.1) is 12.1 Å². The van der Waals surface area contributed by atoms with Gasteiger partial charge in [-0.1, -0.05) is 0 Å². The third-order valence-electron chi connectivity index (χ3n) is 4.58. The zero-order valence-electron chi connectivity index (χ0n) is 12.5. The van der Waals surface area contributed by atoms with Gasteiger partial charge in [-0.05, 0) is 30.9 Å². The Morgan fingerprint density at radius 2 is 2.18 bits per heavy atom. The Morgan fingerprint density at radius 3 is 2.86 bits per heavy atom. The number of nitrogens with zero attached hydrogens (tertiary/aromatic N) is 2. The summed E-state index contributed by atoms with van der Waals surface area (Å²) in [4.78, 5) is 19.0. The van der Waals surface area contributed by atoms with E-state index in [1.165, 1.54) is 11.3 Å². The van der Waals surface area contributed by atoms with Gasteiger partial charge < -0.3 is 14.6 Å². The lowest BCUT2D eigenvalue weighted by Crippen LogP contribution is -2.33. The second-order valence-corrected chi connectivity index (χ2v) is 7.07. The molecule has 0 saturated carbocycles. The van der Waals surface area contributed by atoms with Crippen molar-refractivity contribution in [2.45, 2.75) is 13.3 Å². The highest BCUT2D eigenvalue weighted by Gasteiger charge is 2.37. The fourth-order valence-corrected chi connectivity index (χ4v) is 4.16. The molecule has 5 nitrogen and oxygen atoms in total. The van der Waals surface area contributed by atoms with Crippen LogP contribution in [-0.2, 0) is 11.2 Å². The molecule has 4 rings (SSSR count). The summed E-state index contributed by atoms with van der Waals surface area (Å²) in [7, 11) is 0. The molecule has 2 aromatic rings. The van der Waals surface area contributed by atoms with Gasteiger partial charge in [0.25, 0.3) is 0 Å². The van der Waals surface area contributed by atoms with Crippen molar-refractivity contribution < 1.29 is 9.21 Å². The number of furan rings is 1. The number of thiazole rings is 1. The lowest BCUT2D eigenvalue weighted by molar-refractivity contribution is -0.129. The molecule has 0 radical (unpaired) electrons. The Balaban J connectivity index is 1.41. The summed E-state index contributed by atoms with van der Waals surface area (Å²) in [6.45, 7) is 5.80. The minimum Gasteiger partial charge on any atom is -0.459 e. The van der Waals surface area contributed by atoms with Gasteiger partial charge in [0, 0.05) is 31.6 Å². The van der Waals surface area contributed by atoms with Crippen LogP contribution in [-0.4, -0.2) is 42.0 Å². The van der Waals surface area contributed by atoms with E-state index in [0.29, 0.717) is 18.3 Å². The molecule has 0 bridgehead atoms. The second kappa shape index (κ2) is 5.52. The molecule has 2 saturated heterocycles. The van der Waals surface area contributed by atoms with Crippen molar-refractivity contribution >= 4 is 17.2 Å². The Labute approximate surface area is 133 Å². The number of amides is 1. The molecule has 4 heterocycles. The first-order valence-corrected chi connectivity index (χ1v) is 8.57. The molecule has 1 N–H and O–H groups in total. The maximum Gasteiger partial charge on any atom is 0.228 e. The van der Waals surface area contributed by atoms with Crippen LogP contribution in [0.3, 0.4) is 0 Å². The molecule has 2 fully saturated rings. The topological polar surface area (TPSA) is 58.4 Å². The maximum atomic E-state index is 12.4. The third-order valence-corrected chi connectivity index (χ3v) is 5.48. The molecule has 22 heavy (non-hydrogen) atoms. The van der Waals surface area contributed by atoms with Crippen molar-refractivity contribution in [1.82, 2.24) is 15.2 Å². The van der Waals surface area contributed by atoms with Crippen molar-refractivity contribution in [3.05, 3.63) is 29.0 Å². The SMILES string of the molecule is Cc1ccc(-c2nc(CC(=O)N3C[C@H]4CNC[C@H]4C3)cs2)o1. The summed E-state index contributed by atoms with van der Waals surface area (Å²) in [6, 6.07) is 3.85. The van der Waals surface area contributed by atoms with Crippen molar-refractivity contribution in [2.75, 3.05) is 26.2 Å². The predicted octanol–water partition coefficient (Wildman–Crippen LogP) is 1.93. The lowest BCUT2D eigenvalue weighted by Gasteiger charge is -2.16. The molecule has 2 aliphatic rings. The molecule has 1 amide bonds. The van der Waals surface area contributed by atoms with Crippen molar-refractivity contribution in [2.24, 2.45) is 11.8 Å². The van der Waals surface area contributed by atoms with Crippen LogP contribution < -0.4 is 5.32 Å². The van der Waals surface area contributed by atoms with E-state index in [4.69, 9.17) is 4.42 Å². The number of hydrogen-bond donors (Lipinski definition) is 1. The van der Waals surface area contributed by atoms with E-state index in [1.54, 1.807) is 0 Å². The molecule has 6 heteroatoms. The Kier molecular flexibility index (Phi) is 3.50. The number of nitrogens with one attached hydrogen (secondary N) is 1. The monoisotopic (exact) mass is 317 g/mol. The quantitative estimate of drug-likeness (QED) is 0.940. The molecular weight excluding hydrogens is 298 g/mol. The van der Waals surface area contributed by atoms with Gasteiger partial charge >= 0.3 is 0 Å². The third kappa shape index (κ3) is 2.57. The Morgan fingerprint density at radius 1 is 1.41 bits per heavy atom. The second-order valence-electron chi connectivity index (χ2n) is 6.21. The van der Waals surface area contributed by atoms with Crippen LogP contribution in [0.25, 0.3) is 10.8 Å². The zero-order chi connectivity index (χ0) is 15.1. The summed E-state index contributed by atoms with van der Waals surface area (Å²) >= 11 is 1.53. The van der Waals surface area contributed by atoms with Gasteiger partial charge in [0.1, 0.15) is 5.76 Å². The van der Waals surface area contributed by atoms with Crippen molar-refractivity contribution in [1.29, 1.82) is 0 Å². The lowest BCUT2D eigenvalue weighted by atomic mass is 10.0. The summed E-state index contributed by atoms with van der Waals surface area (Å²) in [5.41, 5.74) is 0.842. The molecular formula is C16H19N3O2S. The summed E-state index contributed by atoms with van der Waals surface area (Å²) in [6.07, 6.45) is 0.392. The van der Waals surface area contributed by atoms with Gasteiger partial charge in [0.15, 0.2) is 10.8 Å². The summed E-state index contributed by atoms with van der Waals surface area (Å²) in [5, 5.41) is 6.21. The van der Waals surface area contributed by atoms with Crippen LogP contribution in [0.15, 0.2) is 21.9 Å². The van der Waals surface area contributed by atoms with Crippen LogP contribution in [0.4, 0.5) is 0 Å². The van der Waals surface area contributed by atoms with E-state index in [0.717, 1.165) is 48.4 Å². The van der Waals surface area contributed by atoms with E-state index in [1.807, 2.05) is 29.3 Å². The van der Waals surface area contributed by atoms with Gasteiger partial charge in [0.2, 0.25) is 5.91 Å².